The zero-order chi connectivity index (χ0) is 9.14. The van der Waals surface area contributed by atoms with E-state index in [4.69, 9.17) is 5.73 Å². The van der Waals surface area contributed by atoms with Crippen LogP contribution >= 0.6 is 0 Å². The molecule has 0 fully saturated rings. The Kier molecular flexibility index (Phi) is 2.65. The van der Waals surface area contributed by atoms with Crippen molar-refractivity contribution in [2.24, 2.45) is 5.73 Å². The van der Waals surface area contributed by atoms with Crippen molar-refractivity contribution in [3.63, 3.8) is 0 Å². The van der Waals surface area contributed by atoms with Crippen LogP contribution in [0.4, 0.5) is 13.2 Å². The first-order valence-corrected chi connectivity index (χ1v) is 3.28. The van der Waals surface area contributed by atoms with Gasteiger partial charge in [-0.2, -0.15) is 0 Å². The van der Waals surface area contributed by atoms with E-state index in [0.29, 0.717) is 0 Å². The van der Waals surface area contributed by atoms with Crippen LogP contribution in [0, 0.1) is 5.82 Å². The highest BCUT2D eigenvalue weighted by Gasteiger charge is 2.15. The van der Waals surface area contributed by atoms with Gasteiger partial charge in [-0.25, -0.2) is 13.2 Å². The number of aromatic nitrogens is 1. The van der Waals surface area contributed by atoms with Crippen LogP contribution in [0.2, 0.25) is 0 Å². The van der Waals surface area contributed by atoms with Gasteiger partial charge in [0, 0.05) is 12.7 Å². The summed E-state index contributed by atoms with van der Waals surface area (Å²) in [6.07, 6.45) is -1.70. The standard InChI is InChI=1S/C7H7F3N2/c8-6-4(7(9)10)1-2-12-5(6)3-11/h1-2,7H,3,11H2. The molecule has 0 saturated heterocycles. The van der Waals surface area contributed by atoms with Gasteiger partial charge in [0.25, 0.3) is 6.43 Å². The molecule has 0 unspecified atom stereocenters. The minimum Gasteiger partial charge on any atom is -0.325 e. The minimum absolute atomic E-state index is 0.132. The minimum atomic E-state index is -2.82. The second-order valence-corrected chi connectivity index (χ2v) is 2.17. The Hall–Kier alpha value is -1.10. The molecule has 12 heavy (non-hydrogen) atoms. The largest absolute Gasteiger partial charge is 0.325 e. The lowest BCUT2D eigenvalue weighted by Gasteiger charge is -2.03. The summed E-state index contributed by atoms with van der Waals surface area (Å²) in [5.41, 5.74) is 4.29. The van der Waals surface area contributed by atoms with Crippen molar-refractivity contribution in [3.8, 4) is 0 Å². The van der Waals surface area contributed by atoms with E-state index >= 15 is 0 Å². The van der Waals surface area contributed by atoms with Crippen LogP contribution in [-0.2, 0) is 6.54 Å². The van der Waals surface area contributed by atoms with Crippen LogP contribution < -0.4 is 5.73 Å². The first-order chi connectivity index (χ1) is 5.66. The van der Waals surface area contributed by atoms with E-state index in [1.807, 2.05) is 0 Å². The average molecular weight is 176 g/mol. The molecule has 1 aromatic heterocycles. The van der Waals surface area contributed by atoms with Crippen molar-refractivity contribution >= 4 is 0 Å². The van der Waals surface area contributed by atoms with Gasteiger partial charge in [0.1, 0.15) is 0 Å². The lowest BCUT2D eigenvalue weighted by Crippen LogP contribution is -2.05. The molecule has 0 aliphatic rings. The maximum atomic E-state index is 12.9. The molecular formula is C7H7F3N2. The van der Waals surface area contributed by atoms with Gasteiger partial charge < -0.3 is 5.73 Å². The van der Waals surface area contributed by atoms with Crippen molar-refractivity contribution in [1.82, 2.24) is 4.98 Å². The monoisotopic (exact) mass is 176 g/mol. The smallest absolute Gasteiger partial charge is 0.266 e. The van der Waals surface area contributed by atoms with E-state index in [0.717, 1.165) is 12.3 Å². The molecule has 1 aromatic rings. The summed E-state index contributed by atoms with van der Waals surface area (Å²) in [6, 6.07) is 0.944. The number of nitrogens with two attached hydrogens (primary N) is 1. The fourth-order valence-electron chi connectivity index (χ4n) is 0.815. The van der Waals surface area contributed by atoms with Crippen LogP contribution in [-0.4, -0.2) is 4.98 Å². The third-order valence-corrected chi connectivity index (χ3v) is 1.42. The van der Waals surface area contributed by atoms with Crippen LogP contribution in [0.3, 0.4) is 0 Å². The van der Waals surface area contributed by atoms with Gasteiger partial charge in [-0.3, -0.25) is 4.98 Å². The molecule has 0 atom stereocenters. The van der Waals surface area contributed by atoms with E-state index in [9.17, 15) is 13.2 Å². The van der Waals surface area contributed by atoms with Gasteiger partial charge in [0.15, 0.2) is 5.82 Å². The van der Waals surface area contributed by atoms with Crippen LogP contribution in [0.5, 0.6) is 0 Å². The van der Waals surface area contributed by atoms with Gasteiger partial charge in [-0.15, -0.1) is 0 Å². The molecule has 0 amide bonds. The number of hydrogen-bond acceptors (Lipinski definition) is 2. The summed E-state index contributed by atoms with van der Waals surface area (Å²) in [5, 5.41) is 0. The maximum absolute atomic E-state index is 12.9. The highest BCUT2D eigenvalue weighted by atomic mass is 19.3. The highest BCUT2D eigenvalue weighted by Crippen LogP contribution is 2.22. The van der Waals surface area contributed by atoms with E-state index in [2.05, 4.69) is 4.98 Å². The topological polar surface area (TPSA) is 38.9 Å². The molecule has 1 rings (SSSR count). The predicted octanol–water partition coefficient (Wildman–Crippen LogP) is 1.62. The van der Waals surface area contributed by atoms with Crippen molar-refractivity contribution < 1.29 is 13.2 Å². The summed E-state index contributed by atoms with van der Waals surface area (Å²) in [5.74, 6) is -1.00. The molecular weight excluding hydrogens is 169 g/mol. The summed E-state index contributed by atoms with van der Waals surface area (Å²) in [4.78, 5) is 3.51. The van der Waals surface area contributed by atoms with Crippen molar-refractivity contribution in [2.45, 2.75) is 13.0 Å². The second kappa shape index (κ2) is 3.53. The van der Waals surface area contributed by atoms with Gasteiger partial charge in [0.05, 0.1) is 11.3 Å². The zero-order valence-corrected chi connectivity index (χ0v) is 6.10. The Bertz CT molecular complexity index is 275. The zero-order valence-electron chi connectivity index (χ0n) is 6.10. The van der Waals surface area contributed by atoms with Gasteiger partial charge >= 0.3 is 0 Å². The summed E-state index contributed by atoms with van der Waals surface area (Å²) < 4.78 is 37.0. The molecule has 5 heteroatoms. The van der Waals surface area contributed by atoms with Crippen molar-refractivity contribution in [1.29, 1.82) is 0 Å². The molecule has 0 bridgehead atoms. The Balaban J connectivity index is 3.14. The van der Waals surface area contributed by atoms with Crippen molar-refractivity contribution in [3.05, 3.63) is 29.3 Å². The van der Waals surface area contributed by atoms with Crippen LogP contribution in [0.15, 0.2) is 12.3 Å². The Morgan fingerprint density at radius 1 is 1.50 bits per heavy atom. The molecule has 0 radical (unpaired) electrons. The van der Waals surface area contributed by atoms with Gasteiger partial charge in [-0.05, 0) is 6.07 Å². The molecule has 66 valence electrons. The van der Waals surface area contributed by atoms with E-state index < -0.39 is 17.8 Å². The first-order valence-electron chi connectivity index (χ1n) is 3.28. The predicted molar refractivity (Wildman–Crippen MR) is 37.0 cm³/mol. The van der Waals surface area contributed by atoms with Gasteiger partial charge in [0.2, 0.25) is 0 Å². The van der Waals surface area contributed by atoms with Gasteiger partial charge in [-0.1, -0.05) is 0 Å². The number of pyridine rings is 1. The molecule has 0 aliphatic carbocycles. The summed E-state index contributed by atoms with van der Waals surface area (Å²) in [6.45, 7) is -0.174. The van der Waals surface area contributed by atoms with E-state index in [-0.39, 0.29) is 12.2 Å². The third-order valence-electron chi connectivity index (χ3n) is 1.42. The number of halogens is 3. The lowest BCUT2D eigenvalue weighted by molar-refractivity contribution is 0.146. The second-order valence-electron chi connectivity index (χ2n) is 2.17. The summed E-state index contributed by atoms with van der Waals surface area (Å²) >= 11 is 0. The number of rotatable bonds is 2. The first kappa shape index (κ1) is 8.99. The fourth-order valence-corrected chi connectivity index (χ4v) is 0.815. The lowest BCUT2D eigenvalue weighted by atomic mass is 10.2. The molecule has 2 nitrogen and oxygen atoms in total. The SMILES string of the molecule is NCc1nccc(C(F)F)c1F. The highest BCUT2D eigenvalue weighted by molar-refractivity contribution is 5.20. The third kappa shape index (κ3) is 1.55. The molecule has 0 spiro atoms. The quantitative estimate of drug-likeness (QED) is 0.743. The molecule has 2 N–H and O–H groups in total. The summed E-state index contributed by atoms with van der Waals surface area (Å²) in [7, 11) is 0. The van der Waals surface area contributed by atoms with Crippen LogP contribution in [0.1, 0.15) is 17.7 Å². The number of hydrogen-bond donors (Lipinski definition) is 1. The Labute approximate surface area is 67.2 Å². The molecule has 0 saturated carbocycles. The fraction of sp³-hybridized carbons (Fsp3) is 0.286. The normalized spacial score (nSPS) is 10.8. The molecule has 0 aliphatic heterocycles. The maximum Gasteiger partial charge on any atom is 0.266 e. The van der Waals surface area contributed by atoms with E-state index in [1.165, 1.54) is 0 Å². The van der Waals surface area contributed by atoms with Crippen LogP contribution in [0.25, 0.3) is 0 Å². The average Bonchev–Trinajstić information content (AvgIpc) is 2.04. The molecule has 1 heterocycles. The number of nitrogens with zero attached hydrogens (tertiary/aromatic N) is 1. The van der Waals surface area contributed by atoms with Crippen molar-refractivity contribution in [2.75, 3.05) is 0 Å². The Morgan fingerprint density at radius 2 is 2.17 bits per heavy atom. The number of alkyl halides is 2. The molecule has 0 aromatic carbocycles. The Morgan fingerprint density at radius 3 is 2.67 bits per heavy atom. The van der Waals surface area contributed by atoms with E-state index in [1.54, 1.807) is 0 Å².